The molecule has 0 N–H and O–H groups in total. The molecule has 0 aliphatic carbocycles. The molecule has 0 unspecified atom stereocenters. The lowest BCUT2D eigenvalue weighted by Crippen LogP contribution is -2.27. The van der Waals surface area contributed by atoms with Crippen molar-refractivity contribution in [2.24, 2.45) is 5.41 Å². The number of nitrogens with zero attached hydrogens (tertiary/aromatic N) is 1. The number of ether oxygens (including phenoxy) is 2. The second kappa shape index (κ2) is 8.65. The maximum Gasteiger partial charge on any atom is 0.311 e. The molecule has 0 aliphatic rings. The molecule has 2 rings (SSSR count). The van der Waals surface area contributed by atoms with Crippen molar-refractivity contribution in [3.05, 3.63) is 59.4 Å². The van der Waals surface area contributed by atoms with Crippen molar-refractivity contribution < 1.29 is 14.3 Å². The minimum absolute atomic E-state index is 0.192. The average Bonchev–Trinajstić information content (AvgIpc) is 2.60. The van der Waals surface area contributed by atoms with Crippen LogP contribution in [0.2, 0.25) is 0 Å². The Hall–Kier alpha value is -2.36. The van der Waals surface area contributed by atoms with Gasteiger partial charge in [-0.2, -0.15) is 0 Å². The fraction of sp³-hybridized carbons (Fsp3) is 0.429. The van der Waals surface area contributed by atoms with Crippen molar-refractivity contribution in [2.75, 3.05) is 6.61 Å². The topological polar surface area (TPSA) is 48.4 Å². The van der Waals surface area contributed by atoms with Crippen LogP contribution in [-0.2, 0) is 16.1 Å². The van der Waals surface area contributed by atoms with Crippen molar-refractivity contribution in [3.8, 4) is 5.75 Å². The molecule has 0 saturated heterocycles. The Morgan fingerprint density at radius 3 is 2.72 bits per heavy atom. The van der Waals surface area contributed by atoms with E-state index < -0.39 is 5.41 Å². The molecule has 2 aromatic rings. The molecule has 134 valence electrons. The lowest BCUT2D eigenvalue weighted by Gasteiger charge is -2.22. The van der Waals surface area contributed by atoms with E-state index in [1.54, 1.807) is 12.4 Å². The summed E-state index contributed by atoms with van der Waals surface area (Å²) in [6.45, 7) is 8.76. The first-order valence-corrected chi connectivity index (χ1v) is 8.65. The average molecular weight is 341 g/mol. The number of aromatic nitrogens is 1. The van der Waals surface area contributed by atoms with Gasteiger partial charge in [0.25, 0.3) is 0 Å². The van der Waals surface area contributed by atoms with Gasteiger partial charge in [0.05, 0.1) is 12.0 Å². The molecule has 0 amide bonds. The van der Waals surface area contributed by atoms with Crippen LogP contribution < -0.4 is 4.74 Å². The molecular formula is C21H27NO3. The van der Waals surface area contributed by atoms with Crippen LogP contribution >= 0.6 is 0 Å². The van der Waals surface area contributed by atoms with Crippen LogP contribution in [-0.4, -0.2) is 17.6 Å². The van der Waals surface area contributed by atoms with Gasteiger partial charge in [-0.1, -0.05) is 18.2 Å². The summed E-state index contributed by atoms with van der Waals surface area (Å²) in [5, 5.41) is 0. The Kier molecular flexibility index (Phi) is 6.57. The molecule has 4 nitrogen and oxygen atoms in total. The van der Waals surface area contributed by atoms with Crippen molar-refractivity contribution in [1.82, 2.24) is 4.98 Å². The molecule has 0 fully saturated rings. The summed E-state index contributed by atoms with van der Waals surface area (Å²) in [4.78, 5) is 16.3. The zero-order chi connectivity index (χ0) is 18.3. The van der Waals surface area contributed by atoms with Crippen molar-refractivity contribution in [3.63, 3.8) is 0 Å². The SMILES string of the molecule is Cc1ccc(C)c(OCCCC(C)(C)C(=O)OCc2cccnc2)c1. The Labute approximate surface area is 150 Å². The normalized spacial score (nSPS) is 11.2. The summed E-state index contributed by atoms with van der Waals surface area (Å²) in [5.41, 5.74) is 2.67. The fourth-order valence-electron chi connectivity index (χ4n) is 2.49. The zero-order valence-corrected chi connectivity index (χ0v) is 15.5. The molecule has 0 aliphatic heterocycles. The van der Waals surface area contributed by atoms with E-state index in [0.717, 1.165) is 23.3 Å². The monoisotopic (exact) mass is 341 g/mol. The van der Waals surface area contributed by atoms with Crippen LogP contribution in [0.4, 0.5) is 0 Å². The number of aryl methyl sites for hydroxylation is 2. The van der Waals surface area contributed by atoms with Gasteiger partial charge < -0.3 is 9.47 Å². The predicted octanol–water partition coefficient (Wildman–Crippen LogP) is 4.63. The van der Waals surface area contributed by atoms with Crippen LogP contribution in [0.25, 0.3) is 0 Å². The smallest absolute Gasteiger partial charge is 0.311 e. The second-order valence-corrected chi connectivity index (χ2v) is 7.04. The number of rotatable bonds is 8. The maximum absolute atomic E-state index is 12.3. The first-order valence-electron chi connectivity index (χ1n) is 8.65. The number of hydrogen-bond acceptors (Lipinski definition) is 4. The van der Waals surface area contributed by atoms with Gasteiger partial charge in [-0.15, -0.1) is 0 Å². The van der Waals surface area contributed by atoms with E-state index in [0.29, 0.717) is 13.0 Å². The van der Waals surface area contributed by atoms with Crippen LogP contribution in [0.5, 0.6) is 5.75 Å². The minimum atomic E-state index is -0.535. The first-order chi connectivity index (χ1) is 11.9. The van der Waals surface area contributed by atoms with Gasteiger partial charge in [-0.3, -0.25) is 9.78 Å². The number of esters is 1. The third kappa shape index (κ3) is 5.89. The van der Waals surface area contributed by atoms with Crippen LogP contribution in [0, 0.1) is 19.3 Å². The summed E-state index contributed by atoms with van der Waals surface area (Å²) >= 11 is 0. The van der Waals surface area contributed by atoms with E-state index >= 15 is 0 Å². The molecule has 0 atom stereocenters. The van der Waals surface area contributed by atoms with Crippen LogP contribution in [0.3, 0.4) is 0 Å². The molecular weight excluding hydrogens is 314 g/mol. The lowest BCUT2D eigenvalue weighted by atomic mass is 9.88. The van der Waals surface area contributed by atoms with Crippen molar-refractivity contribution >= 4 is 5.97 Å². The van der Waals surface area contributed by atoms with Gasteiger partial charge in [-0.05, 0) is 63.8 Å². The number of benzene rings is 1. The molecule has 0 bridgehead atoms. The highest BCUT2D eigenvalue weighted by Gasteiger charge is 2.28. The van der Waals surface area contributed by atoms with Gasteiger partial charge in [-0.25, -0.2) is 0 Å². The Morgan fingerprint density at radius 2 is 2.00 bits per heavy atom. The highest BCUT2D eigenvalue weighted by atomic mass is 16.5. The third-order valence-corrected chi connectivity index (χ3v) is 4.19. The van der Waals surface area contributed by atoms with E-state index in [2.05, 4.69) is 17.1 Å². The molecule has 1 aromatic heterocycles. The summed E-state index contributed by atoms with van der Waals surface area (Å²) in [6, 6.07) is 9.90. The molecule has 1 heterocycles. The zero-order valence-electron chi connectivity index (χ0n) is 15.5. The predicted molar refractivity (Wildman–Crippen MR) is 98.5 cm³/mol. The second-order valence-electron chi connectivity index (χ2n) is 7.04. The summed E-state index contributed by atoms with van der Waals surface area (Å²) < 4.78 is 11.3. The Bertz CT molecular complexity index is 696. The molecule has 1 aromatic carbocycles. The first kappa shape index (κ1) is 19.0. The minimum Gasteiger partial charge on any atom is -0.493 e. The van der Waals surface area contributed by atoms with Gasteiger partial charge in [0.15, 0.2) is 0 Å². The van der Waals surface area contributed by atoms with E-state index in [4.69, 9.17) is 9.47 Å². The Morgan fingerprint density at radius 1 is 1.20 bits per heavy atom. The van der Waals surface area contributed by atoms with Crippen LogP contribution in [0.15, 0.2) is 42.7 Å². The van der Waals surface area contributed by atoms with E-state index in [1.807, 2.05) is 45.9 Å². The van der Waals surface area contributed by atoms with Crippen LogP contribution in [0.1, 0.15) is 43.4 Å². The highest BCUT2D eigenvalue weighted by molar-refractivity contribution is 5.75. The Balaban J connectivity index is 1.76. The highest BCUT2D eigenvalue weighted by Crippen LogP contribution is 2.26. The van der Waals surface area contributed by atoms with Crippen molar-refractivity contribution in [1.29, 1.82) is 0 Å². The van der Waals surface area contributed by atoms with E-state index in [9.17, 15) is 4.79 Å². The van der Waals surface area contributed by atoms with E-state index in [-0.39, 0.29) is 12.6 Å². The number of hydrogen-bond donors (Lipinski definition) is 0. The van der Waals surface area contributed by atoms with Gasteiger partial charge in [0, 0.05) is 18.0 Å². The molecule has 4 heteroatoms. The van der Waals surface area contributed by atoms with Gasteiger partial charge >= 0.3 is 5.97 Å². The summed E-state index contributed by atoms with van der Waals surface area (Å²) in [6.07, 6.45) is 4.91. The van der Waals surface area contributed by atoms with Crippen molar-refractivity contribution in [2.45, 2.75) is 47.1 Å². The summed E-state index contributed by atoms with van der Waals surface area (Å²) in [5.74, 6) is 0.722. The number of carbonyl (C=O) groups excluding carboxylic acids is 1. The fourth-order valence-corrected chi connectivity index (χ4v) is 2.49. The quantitative estimate of drug-likeness (QED) is 0.519. The lowest BCUT2D eigenvalue weighted by molar-refractivity contribution is -0.155. The molecule has 0 radical (unpaired) electrons. The molecule has 25 heavy (non-hydrogen) atoms. The number of pyridine rings is 1. The molecule has 0 spiro atoms. The van der Waals surface area contributed by atoms with E-state index in [1.165, 1.54) is 5.56 Å². The van der Waals surface area contributed by atoms with Gasteiger partial charge in [0.2, 0.25) is 0 Å². The standard InChI is InChI=1S/C21H27NO3/c1-16-8-9-17(2)19(13-16)24-12-6-10-21(3,4)20(23)25-15-18-7-5-11-22-14-18/h5,7-9,11,13-14H,6,10,12,15H2,1-4H3. The molecule has 0 saturated carbocycles. The summed E-state index contributed by atoms with van der Waals surface area (Å²) in [7, 11) is 0. The number of carbonyl (C=O) groups is 1. The third-order valence-electron chi connectivity index (χ3n) is 4.19. The maximum atomic E-state index is 12.3. The largest absolute Gasteiger partial charge is 0.493 e. The van der Waals surface area contributed by atoms with Gasteiger partial charge in [0.1, 0.15) is 12.4 Å².